The van der Waals surface area contributed by atoms with Crippen molar-refractivity contribution in [3.8, 4) is 11.5 Å². The molecule has 1 saturated heterocycles. The number of sulfone groups is 1. The van der Waals surface area contributed by atoms with Gasteiger partial charge in [-0.15, -0.1) is 0 Å². The summed E-state index contributed by atoms with van der Waals surface area (Å²) < 4.78 is 61.5. The van der Waals surface area contributed by atoms with E-state index in [1.54, 1.807) is 0 Å². The third-order valence-electron chi connectivity index (χ3n) is 3.71. The molecule has 1 aliphatic rings. The Balaban J connectivity index is 2.19. The number of benzene rings is 1. The van der Waals surface area contributed by atoms with Crippen molar-refractivity contribution in [3.05, 3.63) is 27.8 Å². The van der Waals surface area contributed by atoms with Gasteiger partial charge in [-0.2, -0.15) is 8.78 Å². The van der Waals surface area contributed by atoms with E-state index in [9.17, 15) is 32.1 Å². The van der Waals surface area contributed by atoms with E-state index in [-0.39, 0.29) is 29.2 Å². The van der Waals surface area contributed by atoms with Gasteiger partial charge in [0.25, 0.3) is 5.69 Å². The fourth-order valence-electron chi connectivity index (χ4n) is 2.47. The highest BCUT2D eigenvalue weighted by Crippen LogP contribution is 2.36. The lowest BCUT2D eigenvalue weighted by Gasteiger charge is -2.13. The highest BCUT2D eigenvalue weighted by molar-refractivity contribution is 7.91. The highest BCUT2D eigenvalue weighted by Gasteiger charge is 2.34. The van der Waals surface area contributed by atoms with Crippen LogP contribution in [0.1, 0.15) is 12.0 Å². The number of nitrogens with zero attached hydrogens (tertiary/aromatic N) is 1. The van der Waals surface area contributed by atoms with Gasteiger partial charge >= 0.3 is 12.6 Å². The molecule has 1 aromatic carbocycles. The molecule has 1 heterocycles. The maximum atomic E-state index is 12.4. The molecule has 2 rings (SSSR count). The molecule has 1 aromatic rings. The summed E-state index contributed by atoms with van der Waals surface area (Å²) in [4.78, 5) is 22.2. The molecule has 144 valence electrons. The summed E-state index contributed by atoms with van der Waals surface area (Å²) in [5.74, 6) is -2.83. The Hall–Kier alpha value is -2.50. The van der Waals surface area contributed by atoms with Crippen LogP contribution in [0.4, 0.5) is 14.5 Å². The van der Waals surface area contributed by atoms with Gasteiger partial charge in [0.15, 0.2) is 21.3 Å². The Kier molecular flexibility index (Phi) is 5.95. The van der Waals surface area contributed by atoms with Gasteiger partial charge in [-0.25, -0.2) is 8.42 Å². The summed E-state index contributed by atoms with van der Waals surface area (Å²) >= 11 is 0. The molecule has 0 spiro atoms. The summed E-state index contributed by atoms with van der Waals surface area (Å²) in [5.41, 5.74) is -0.712. The molecule has 0 saturated carbocycles. The molecule has 0 bridgehead atoms. The van der Waals surface area contributed by atoms with Crippen LogP contribution in [0.25, 0.3) is 0 Å². The molecule has 9 nitrogen and oxygen atoms in total. The Morgan fingerprint density at radius 2 is 2.08 bits per heavy atom. The Morgan fingerprint density at radius 3 is 2.58 bits per heavy atom. The quantitative estimate of drug-likeness (QED) is 0.388. The van der Waals surface area contributed by atoms with Crippen LogP contribution in [0.15, 0.2) is 12.1 Å². The monoisotopic (exact) mass is 395 g/mol. The number of hydrogen-bond donors (Lipinski definition) is 0. The number of rotatable bonds is 7. The van der Waals surface area contributed by atoms with Gasteiger partial charge < -0.3 is 14.2 Å². The van der Waals surface area contributed by atoms with E-state index in [4.69, 9.17) is 9.47 Å². The number of hydrogen-bond acceptors (Lipinski definition) is 8. The van der Waals surface area contributed by atoms with E-state index in [0.717, 1.165) is 19.2 Å². The third kappa shape index (κ3) is 4.77. The summed E-state index contributed by atoms with van der Waals surface area (Å²) in [6.07, 6.45) is 0.119. The molecule has 0 amide bonds. The van der Waals surface area contributed by atoms with E-state index in [2.05, 4.69) is 4.74 Å². The van der Waals surface area contributed by atoms with Gasteiger partial charge in [0, 0.05) is 0 Å². The lowest BCUT2D eigenvalue weighted by Crippen LogP contribution is -2.19. The highest BCUT2D eigenvalue weighted by atomic mass is 32.2. The lowest BCUT2D eigenvalue weighted by atomic mass is 10.1. The normalized spacial score (nSPS) is 18.5. The second kappa shape index (κ2) is 7.81. The number of methoxy groups -OCH3 is 1. The topological polar surface area (TPSA) is 122 Å². The van der Waals surface area contributed by atoms with Crippen LogP contribution < -0.4 is 9.47 Å². The molecular formula is C14H15F2NO8S. The lowest BCUT2D eigenvalue weighted by molar-refractivity contribution is -0.386. The first-order valence-corrected chi connectivity index (χ1v) is 9.12. The van der Waals surface area contributed by atoms with Crippen molar-refractivity contribution in [2.75, 3.05) is 18.6 Å². The minimum atomic E-state index is -3.29. The van der Waals surface area contributed by atoms with Crippen molar-refractivity contribution in [3.63, 3.8) is 0 Å². The van der Waals surface area contributed by atoms with Crippen LogP contribution in [-0.4, -0.2) is 44.5 Å². The number of ether oxygens (including phenoxy) is 3. The van der Waals surface area contributed by atoms with Crippen LogP contribution in [0.2, 0.25) is 0 Å². The first kappa shape index (κ1) is 19.8. The summed E-state index contributed by atoms with van der Waals surface area (Å²) in [5, 5.41) is 11.1. The first-order valence-electron chi connectivity index (χ1n) is 7.30. The number of halogens is 2. The third-order valence-corrected chi connectivity index (χ3v) is 5.48. The maximum absolute atomic E-state index is 12.4. The van der Waals surface area contributed by atoms with E-state index >= 15 is 0 Å². The summed E-state index contributed by atoms with van der Waals surface area (Å²) in [6.45, 7) is -3.76. The van der Waals surface area contributed by atoms with E-state index < -0.39 is 51.3 Å². The number of carbonyl (C=O) groups excluding carboxylic acids is 1. The molecule has 1 unspecified atom stereocenters. The Morgan fingerprint density at radius 1 is 1.38 bits per heavy atom. The number of carbonyl (C=O) groups is 1. The molecule has 26 heavy (non-hydrogen) atoms. The standard InChI is InChI=1S/C14H15F2NO8S/c1-23-11-4-9(10(17(19)20)5-12(11)25-14(15)16)6-24-13(18)8-2-3-26(21,22)7-8/h4-5,8,14H,2-3,6-7H2,1H3. The van der Waals surface area contributed by atoms with Gasteiger partial charge in [0.05, 0.1) is 41.1 Å². The average molecular weight is 395 g/mol. The zero-order chi connectivity index (χ0) is 19.5. The second-order valence-corrected chi connectivity index (χ2v) is 7.70. The fraction of sp³-hybridized carbons (Fsp3) is 0.500. The van der Waals surface area contributed by atoms with Crippen molar-refractivity contribution in [2.45, 2.75) is 19.6 Å². The van der Waals surface area contributed by atoms with Crippen molar-refractivity contribution in [1.82, 2.24) is 0 Å². The predicted molar refractivity (Wildman–Crippen MR) is 82.8 cm³/mol. The zero-order valence-corrected chi connectivity index (χ0v) is 14.3. The smallest absolute Gasteiger partial charge is 0.387 e. The van der Waals surface area contributed by atoms with Crippen LogP contribution in [0.3, 0.4) is 0 Å². The van der Waals surface area contributed by atoms with Crippen molar-refractivity contribution in [2.24, 2.45) is 5.92 Å². The molecule has 12 heteroatoms. The van der Waals surface area contributed by atoms with E-state index in [0.29, 0.717) is 0 Å². The SMILES string of the molecule is COc1cc(COC(=O)C2CCS(=O)(=O)C2)c([N+](=O)[O-])cc1OC(F)F. The van der Waals surface area contributed by atoms with Crippen LogP contribution in [-0.2, 0) is 26.0 Å². The van der Waals surface area contributed by atoms with Gasteiger partial charge in [0.2, 0.25) is 0 Å². The summed E-state index contributed by atoms with van der Waals surface area (Å²) in [6, 6.07) is 1.79. The maximum Gasteiger partial charge on any atom is 0.387 e. The van der Waals surface area contributed by atoms with Crippen molar-refractivity contribution < 1.29 is 41.1 Å². The number of nitro groups is 1. The van der Waals surface area contributed by atoms with Gasteiger partial charge in [-0.3, -0.25) is 14.9 Å². The van der Waals surface area contributed by atoms with Crippen LogP contribution in [0, 0.1) is 16.0 Å². The van der Waals surface area contributed by atoms with Crippen molar-refractivity contribution >= 4 is 21.5 Å². The molecule has 0 N–H and O–H groups in total. The molecule has 1 atom stereocenters. The minimum Gasteiger partial charge on any atom is -0.493 e. The molecule has 1 aliphatic heterocycles. The Labute approximate surface area is 146 Å². The molecule has 0 aliphatic carbocycles. The number of nitro benzene ring substituents is 1. The molecule has 1 fully saturated rings. The van der Waals surface area contributed by atoms with Crippen LogP contribution in [0.5, 0.6) is 11.5 Å². The fourth-order valence-corrected chi connectivity index (χ4v) is 4.20. The van der Waals surface area contributed by atoms with Gasteiger partial charge in [0.1, 0.15) is 6.61 Å². The number of alkyl halides is 2. The van der Waals surface area contributed by atoms with Gasteiger partial charge in [-0.05, 0) is 12.5 Å². The second-order valence-electron chi connectivity index (χ2n) is 5.48. The first-order chi connectivity index (χ1) is 12.1. The number of esters is 1. The minimum absolute atomic E-state index is 0.109. The molecular weight excluding hydrogens is 380 g/mol. The van der Waals surface area contributed by atoms with E-state index in [1.807, 2.05) is 0 Å². The van der Waals surface area contributed by atoms with Crippen LogP contribution >= 0.6 is 0 Å². The molecule has 0 radical (unpaired) electrons. The largest absolute Gasteiger partial charge is 0.493 e. The molecule has 0 aromatic heterocycles. The average Bonchev–Trinajstić information content (AvgIpc) is 2.92. The predicted octanol–water partition coefficient (Wildman–Crippen LogP) is 1.68. The van der Waals surface area contributed by atoms with Gasteiger partial charge in [-0.1, -0.05) is 0 Å². The summed E-state index contributed by atoms with van der Waals surface area (Å²) in [7, 11) is -2.14. The van der Waals surface area contributed by atoms with E-state index in [1.165, 1.54) is 0 Å². The van der Waals surface area contributed by atoms with Crippen molar-refractivity contribution in [1.29, 1.82) is 0 Å². The Bertz CT molecular complexity index is 811. The zero-order valence-electron chi connectivity index (χ0n) is 13.5.